The molecule has 8 N–H and O–H groups in total. The average molecular weight is 863 g/mol. The van der Waals surface area contributed by atoms with Crippen molar-refractivity contribution in [2.24, 2.45) is 17.6 Å². The molecule has 0 spiro atoms. The van der Waals surface area contributed by atoms with Crippen molar-refractivity contribution in [3.05, 3.63) is 71.8 Å². The van der Waals surface area contributed by atoms with Gasteiger partial charge in [0.1, 0.15) is 36.3 Å². The fraction of sp³-hybridized carbons (Fsp3) is 0.556. The number of rotatable bonds is 15. The highest BCUT2D eigenvalue weighted by Crippen LogP contribution is 2.21. The van der Waals surface area contributed by atoms with E-state index in [2.05, 4.69) is 26.6 Å². The zero-order valence-electron chi connectivity index (χ0n) is 36.9. The normalized spacial score (nSPS) is 22.2. The van der Waals surface area contributed by atoms with Gasteiger partial charge in [-0.25, -0.2) is 9.59 Å². The molecule has 2 aromatic rings. The number of likely N-dealkylation sites (N-methyl/N-ethyl adjacent to an activating group) is 2. The molecular weight excluding hydrogens is 797 g/mol. The minimum Gasteiger partial charge on any atom is -0.480 e. The third kappa shape index (κ3) is 15.5. The van der Waals surface area contributed by atoms with Gasteiger partial charge in [0.2, 0.25) is 35.4 Å². The van der Waals surface area contributed by atoms with Crippen LogP contribution in [-0.2, 0) is 46.4 Å². The lowest BCUT2D eigenvalue weighted by molar-refractivity contribution is -0.151. The topological polar surface area (TPSA) is 249 Å². The van der Waals surface area contributed by atoms with Crippen LogP contribution in [0.1, 0.15) is 90.7 Å². The molecule has 8 amide bonds. The first-order valence-electron chi connectivity index (χ1n) is 21.6. The average Bonchev–Trinajstić information content (AvgIpc) is 3.24. The van der Waals surface area contributed by atoms with Crippen LogP contribution in [0.25, 0.3) is 0 Å². The van der Waals surface area contributed by atoms with E-state index in [1.165, 1.54) is 11.9 Å². The van der Waals surface area contributed by atoms with Gasteiger partial charge in [-0.05, 0) is 68.4 Å². The molecule has 340 valence electrons. The van der Waals surface area contributed by atoms with Gasteiger partial charge in [-0.15, -0.1) is 0 Å². The number of benzene rings is 2. The number of aryl methyl sites for hydroxylation is 1. The molecule has 1 heterocycles. The van der Waals surface area contributed by atoms with E-state index >= 15 is 0 Å². The summed E-state index contributed by atoms with van der Waals surface area (Å²) in [6, 6.07) is 9.99. The first kappa shape index (κ1) is 50.4. The predicted octanol–water partition coefficient (Wildman–Crippen LogP) is 2.26. The van der Waals surface area contributed by atoms with Crippen molar-refractivity contribution >= 4 is 47.4 Å². The summed E-state index contributed by atoms with van der Waals surface area (Å²) in [5.41, 5.74) is 7.25. The Kier molecular flexibility index (Phi) is 20.4. The standard InChI is InChI=1S/C45H66N8O9/c1-7-29(5)38-43(59)53(8-2)35(23-22-30-17-11-9-12-18-30)42(58)52(6)36(27-37(46)54)41(57)48-33(26-31-19-13-10-14-20-31)39(55)47-24-16-15-21-32(40(56)51-38)49-45(62)50-34(44(60)61)25-28(3)4/h9-14,17-20,28-29,32-36,38H,7-8,15-16,21-27H2,1-6H3,(H2,46,54)(H,47,55)(H,48,57)(H,51,56)(H,60,61)(H2,49,50,62)/t29-,32+,33+,34-,35-,36+,38+/m0/s1. The molecule has 17 heteroatoms. The van der Waals surface area contributed by atoms with Crippen LogP contribution in [0.4, 0.5) is 4.79 Å². The Morgan fingerprint density at radius 1 is 0.839 bits per heavy atom. The molecule has 0 aromatic heterocycles. The van der Waals surface area contributed by atoms with Gasteiger partial charge in [0.15, 0.2) is 0 Å². The molecule has 17 nitrogen and oxygen atoms in total. The number of amides is 8. The molecule has 0 aliphatic carbocycles. The number of carboxylic acid groups (broad SMARTS) is 1. The second kappa shape index (κ2) is 25.1. The monoisotopic (exact) mass is 862 g/mol. The van der Waals surface area contributed by atoms with Gasteiger partial charge in [-0.2, -0.15) is 0 Å². The van der Waals surface area contributed by atoms with Crippen LogP contribution in [0.3, 0.4) is 0 Å². The summed E-state index contributed by atoms with van der Waals surface area (Å²) in [6.07, 6.45) is 1.21. The molecule has 1 saturated heterocycles. The SMILES string of the molecule is CC[C@H](C)[C@H]1NC(=O)[C@H](NC(=O)N[C@@H](CC(C)C)C(=O)O)CCCCNC(=O)[C@@H](Cc2ccccc2)NC(=O)[C@@H](CC(N)=O)N(C)C(=O)[C@H](CCc2ccccc2)N(CC)C1=O. The molecule has 3 rings (SSSR count). The maximum absolute atomic E-state index is 14.8. The molecule has 2 aromatic carbocycles. The van der Waals surface area contributed by atoms with Crippen molar-refractivity contribution in [3.8, 4) is 0 Å². The molecule has 62 heavy (non-hydrogen) atoms. The lowest BCUT2D eigenvalue weighted by atomic mass is 9.95. The third-order valence-corrected chi connectivity index (χ3v) is 11.2. The number of hydrogen-bond donors (Lipinski definition) is 7. The summed E-state index contributed by atoms with van der Waals surface area (Å²) in [6.45, 7) is 9.07. The number of carbonyl (C=O) groups excluding carboxylic acids is 7. The zero-order chi connectivity index (χ0) is 45.9. The molecule has 1 aliphatic rings. The summed E-state index contributed by atoms with van der Waals surface area (Å²) in [7, 11) is 1.35. The molecule has 0 radical (unpaired) electrons. The number of carbonyl (C=O) groups is 8. The zero-order valence-corrected chi connectivity index (χ0v) is 36.9. The number of aliphatic carboxylic acids is 1. The van der Waals surface area contributed by atoms with Crippen LogP contribution < -0.4 is 32.3 Å². The lowest BCUT2D eigenvalue weighted by Gasteiger charge is -2.38. The highest BCUT2D eigenvalue weighted by Gasteiger charge is 2.41. The second-order valence-electron chi connectivity index (χ2n) is 16.4. The van der Waals surface area contributed by atoms with Gasteiger partial charge in [0.25, 0.3) is 0 Å². The smallest absolute Gasteiger partial charge is 0.326 e. The Hall–Kier alpha value is -6.00. The van der Waals surface area contributed by atoms with E-state index in [4.69, 9.17) is 5.73 Å². The van der Waals surface area contributed by atoms with Crippen molar-refractivity contribution < 1.29 is 43.5 Å². The van der Waals surface area contributed by atoms with Crippen molar-refractivity contribution in [2.45, 2.75) is 129 Å². The number of urea groups is 1. The van der Waals surface area contributed by atoms with Crippen LogP contribution >= 0.6 is 0 Å². The van der Waals surface area contributed by atoms with E-state index in [0.29, 0.717) is 25.7 Å². The van der Waals surface area contributed by atoms with E-state index in [1.807, 2.05) is 57.2 Å². The Bertz CT molecular complexity index is 1830. The Balaban J connectivity index is 2.14. The fourth-order valence-electron chi connectivity index (χ4n) is 7.45. The summed E-state index contributed by atoms with van der Waals surface area (Å²) < 4.78 is 0. The summed E-state index contributed by atoms with van der Waals surface area (Å²) in [4.78, 5) is 112. The van der Waals surface area contributed by atoms with Gasteiger partial charge >= 0.3 is 12.0 Å². The Morgan fingerprint density at radius 3 is 2.03 bits per heavy atom. The summed E-state index contributed by atoms with van der Waals surface area (Å²) in [5, 5.41) is 23.3. The number of nitrogens with one attached hydrogen (secondary N) is 5. The summed E-state index contributed by atoms with van der Waals surface area (Å²) >= 11 is 0. The first-order chi connectivity index (χ1) is 29.5. The Morgan fingerprint density at radius 2 is 1.47 bits per heavy atom. The van der Waals surface area contributed by atoms with Crippen LogP contribution in [0, 0.1) is 11.8 Å². The Labute approximate surface area is 364 Å². The van der Waals surface area contributed by atoms with Gasteiger partial charge in [0.05, 0.1) is 6.42 Å². The molecule has 0 saturated carbocycles. The van der Waals surface area contributed by atoms with Crippen LogP contribution in [0.5, 0.6) is 0 Å². The van der Waals surface area contributed by atoms with Crippen molar-refractivity contribution in [2.75, 3.05) is 20.1 Å². The lowest BCUT2D eigenvalue weighted by Crippen LogP contribution is -2.62. The highest BCUT2D eigenvalue weighted by molar-refractivity contribution is 5.98. The molecule has 0 unspecified atom stereocenters. The van der Waals surface area contributed by atoms with Gasteiger partial charge in [-0.1, -0.05) is 94.8 Å². The first-order valence-corrected chi connectivity index (χ1v) is 21.6. The number of primary amides is 1. The van der Waals surface area contributed by atoms with E-state index < -0.39 is 96.0 Å². The van der Waals surface area contributed by atoms with E-state index in [9.17, 15) is 43.5 Å². The predicted molar refractivity (Wildman–Crippen MR) is 233 cm³/mol. The minimum atomic E-state index is -1.45. The maximum Gasteiger partial charge on any atom is 0.326 e. The number of nitrogens with zero attached hydrogens (tertiary/aromatic N) is 2. The molecule has 7 atom stereocenters. The quantitative estimate of drug-likeness (QED) is 0.139. The highest BCUT2D eigenvalue weighted by atomic mass is 16.4. The second-order valence-corrected chi connectivity index (χ2v) is 16.4. The number of carboxylic acids is 1. The largest absolute Gasteiger partial charge is 0.480 e. The van der Waals surface area contributed by atoms with E-state index in [0.717, 1.165) is 16.0 Å². The van der Waals surface area contributed by atoms with Crippen LogP contribution in [0.2, 0.25) is 0 Å². The van der Waals surface area contributed by atoms with E-state index in [1.54, 1.807) is 38.1 Å². The van der Waals surface area contributed by atoms with E-state index in [-0.39, 0.29) is 44.7 Å². The number of nitrogens with two attached hydrogens (primary N) is 1. The van der Waals surface area contributed by atoms with Gasteiger partial charge < -0.3 is 47.2 Å². The fourth-order valence-corrected chi connectivity index (χ4v) is 7.45. The molecule has 1 aliphatic heterocycles. The third-order valence-electron chi connectivity index (χ3n) is 11.2. The molecule has 1 fully saturated rings. The van der Waals surface area contributed by atoms with Crippen LogP contribution in [-0.4, -0.2) is 119 Å². The number of hydrogen-bond acceptors (Lipinski definition) is 8. The van der Waals surface area contributed by atoms with Crippen LogP contribution in [0.15, 0.2) is 60.7 Å². The molecule has 0 bridgehead atoms. The van der Waals surface area contributed by atoms with Gasteiger partial charge in [0, 0.05) is 26.6 Å². The van der Waals surface area contributed by atoms with Crippen molar-refractivity contribution in [1.29, 1.82) is 0 Å². The maximum atomic E-state index is 14.8. The minimum absolute atomic E-state index is 0.0171. The van der Waals surface area contributed by atoms with Crippen molar-refractivity contribution in [3.63, 3.8) is 0 Å². The molecular formula is C45H66N8O9. The van der Waals surface area contributed by atoms with Gasteiger partial charge in [-0.3, -0.25) is 28.8 Å². The van der Waals surface area contributed by atoms with Crippen molar-refractivity contribution in [1.82, 2.24) is 36.4 Å². The summed E-state index contributed by atoms with van der Waals surface area (Å²) in [5.74, 6) is -5.89.